The normalized spacial score (nSPS) is 14.0. The SMILES string of the molecule is CN(CCO)[S+](O)c1ccc(Br)c(C(F)(F)F)c1. The van der Waals surface area contributed by atoms with Crippen molar-refractivity contribution in [3.05, 3.63) is 28.2 Å². The number of hydrogen-bond acceptors (Lipinski definition) is 3. The topological polar surface area (TPSA) is 43.7 Å². The van der Waals surface area contributed by atoms with E-state index in [-0.39, 0.29) is 22.5 Å². The zero-order valence-corrected chi connectivity index (χ0v) is 11.8. The molecule has 1 atom stereocenters. The van der Waals surface area contributed by atoms with Gasteiger partial charge in [0.2, 0.25) is 4.90 Å². The Morgan fingerprint density at radius 1 is 1.39 bits per heavy atom. The Balaban J connectivity index is 3.05. The Bertz CT molecular complexity index is 417. The summed E-state index contributed by atoms with van der Waals surface area (Å²) >= 11 is 1.35. The maximum absolute atomic E-state index is 12.7. The van der Waals surface area contributed by atoms with E-state index in [0.717, 1.165) is 6.07 Å². The second-order valence-electron chi connectivity index (χ2n) is 3.48. The van der Waals surface area contributed by atoms with Crippen molar-refractivity contribution in [2.75, 3.05) is 20.2 Å². The standard InChI is InChI=1S/C10H12BrF3NO2S/c1-15(4-5-16)18(17)7-2-3-9(11)8(6-7)10(12,13)14/h2-3,6,16-17H,4-5H2,1H3/q+1. The molecule has 102 valence electrons. The summed E-state index contributed by atoms with van der Waals surface area (Å²) in [4.78, 5) is 0.154. The summed E-state index contributed by atoms with van der Waals surface area (Å²) in [6.07, 6.45) is -4.48. The predicted molar refractivity (Wildman–Crippen MR) is 67.1 cm³/mol. The van der Waals surface area contributed by atoms with Gasteiger partial charge >= 0.3 is 6.18 Å². The molecule has 0 radical (unpaired) electrons. The quantitative estimate of drug-likeness (QED) is 0.824. The molecular formula is C10H12BrF3NO2S+. The first-order chi connectivity index (χ1) is 8.27. The Labute approximate surface area is 114 Å². The third kappa shape index (κ3) is 3.86. The molecule has 1 rings (SSSR count). The largest absolute Gasteiger partial charge is 0.417 e. The van der Waals surface area contributed by atoms with Crippen LogP contribution in [0.2, 0.25) is 0 Å². The van der Waals surface area contributed by atoms with Crippen molar-refractivity contribution < 1.29 is 22.8 Å². The molecule has 0 heterocycles. The number of alkyl halides is 3. The highest BCUT2D eigenvalue weighted by Crippen LogP contribution is 2.36. The molecule has 0 saturated heterocycles. The number of aliphatic hydroxyl groups excluding tert-OH is 1. The smallest absolute Gasteiger partial charge is 0.395 e. The van der Waals surface area contributed by atoms with Gasteiger partial charge < -0.3 is 5.11 Å². The van der Waals surface area contributed by atoms with Gasteiger partial charge in [0.25, 0.3) is 11.4 Å². The minimum absolute atomic E-state index is 0.0689. The minimum Gasteiger partial charge on any atom is -0.395 e. The summed E-state index contributed by atoms with van der Waals surface area (Å²) < 4.78 is 49.2. The first-order valence-corrected chi connectivity index (χ1v) is 6.82. The number of halogens is 4. The molecule has 0 bridgehead atoms. The number of aliphatic hydroxyl groups is 1. The van der Waals surface area contributed by atoms with Crippen molar-refractivity contribution in [2.24, 2.45) is 0 Å². The van der Waals surface area contributed by atoms with Gasteiger partial charge in [-0.25, -0.2) is 0 Å². The molecular weight excluding hydrogens is 335 g/mol. The summed E-state index contributed by atoms with van der Waals surface area (Å²) in [5, 5.41) is 8.72. The molecule has 2 N–H and O–H groups in total. The molecule has 0 amide bonds. The summed E-state index contributed by atoms with van der Waals surface area (Å²) in [6.45, 7) is 0.000240. The van der Waals surface area contributed by atoms with Crippen molar-refractivity contribution in [3.63, 3.8) is 0 Å². The van der Waals surface area contributed by atoms with Crippen LogP contribution in [0.4, 0.5) is 13.2 Å². The van der Waals surface area contributed by atoms with E-state index in [1.165, 1.54) is 23.5 Å². The molecule has 0 aliphatic carbocycles. The lowest BCUT2D eigenvalue weighted by atomic mass is 10.2. The van der Waals surface area contributed by atoms with Crippen LogP contribution in [0.5, 0.6) is 0 Å². The van der Waals surface area contributed by atoms with E-state index in [9.17, 15) is 17.7 Å². The Morgan fingerprint density at radius 3 is 2.50 bits per heavy atom. The van der Waals surface area contributed by atoms with Crippen LogP contribution in [0.15, 0.2) is 27.6 Å². The van der Waals surface area contributed by atoms with Gasteiger partial charge in [0.15, 0.2) is 0 Å². The summed E-state index contributed by atoms with van der Waals surface area (Å²) in [5.74, 6) is 0. The predicted octanol–water partition coefficient (Wildman–Crippen LogP) is 2.76. The van der Waals surface area contributed by atoms with Crippen molar-refractivity contribution in [3.8, 4) is 0 Å². The van der Waals surface area contributed by atoms with Crippen molar-refractivity contribution in [1.29, 1.82) is 0 Å². The molecule has 0 spiro atoms. The minimum atomic E-state index is -4.48. The Hall–Kier alpha value is -0.280. The van der Waals surface area contributed by atoms with Gasteiger partial charge in [-0.3, -0.25) is 0 Å². The average molecular weight is 347 g/mol. The summed E-state index contributed by atoms with van der Waals surface area (Å²) in [7, 11) is 1.52. The fourth-order valence-electron chi connectivity index (χ4n) is 1.24. The zero-order chi connectivity index (χ0) is 13.9. The van der Waals surface area contributed by atoms with Crippen LogP contribution in [0.3, 0.4) is 0 Å². The zero-order valence-electron chi connectivity index (χ0n) is 9.41. The fraction of sp³-hybridized carbons (Fsp3) is 0.400. The van der Waals surface area contributed by atoms with Gasteiger partial charge in [0.05, 0.1) is 18.7 Å². The third-order valence-electron chi connectivity index (χ3n) is 2.16. The van der Waals surface area contributed by atoms with Gasteiger partial charge in [-0.2, -0.15) is 17.7 Å². The van der Waals surface area contributed by atoms with Crippen molar-refractivity contribution in [2.45, 2.75) is 11.1 Å². The average Bonchev–Trinajstić information content (AvgIpc) is 2.27. The number of rotatable bonds is 4. The molecule has 0 aromatic heterocycles. The molecule has 0 fully saturated rings. The van der Waals surface area contributed by atoms with Crippen LogP contribution in [0.25, 0.3) is 0 Å². The summed E-state index contributed by atoms with van der Waals surface area (Å²) in [5.41, 5.74) is -0.830. The lowest BCUT2D eigenvalue weighted by Crippen LogP contribution is -2.29. The molecule has 0 saturated carbocycles. The highest BCUT2D eigenvalue weighted by molar-refractivity contribution is 9.10. The van der Waals surface area contributed by atoms with Crippen LogP contribution in [0, 0.1) is 0 Å². The Kier molecular flexibility index (Phi) is 5.47. The first-order valence-electron chi connectivity index (χ1n) is 4.89. The van der Waals surface area contributed by atoms with Gasteiger partial charge in [-0.05, 0) is 12.1 Å². The molecule has 1 aromatic rings. The van der Waals surface area contributed by atoms with Crippen molar-refractivity contribution >= 4 is 27.3 Å². The van der Waals surface area contributed by atoms with Crippen LogP contribution in [0.1, 0.15) is 5.56 Å². The molecule has 18 heavy (non-hydrogen) atoms. The van der Waals surface area contributed by atoms with E-state index in [4.69, 9.17) is 5.11 Å². The van der Waals surface area contributed by atoms with Crippen LogP contribution in [-0.2, 0) is 17.5 Å². The highest BCUT2D eigenvalue weighted by Gasteiger charge is 2.36. The number of benzene rings is 1. The number of likely N-dealkylation sites (N-methyl/N-ethyl adjacent to an activating group) is 1. The van der Waals surface area contributed by atoms with Crippen molar-refractivity contribution in [1.82, 2.24) is 4.31 Å². The maximum Gasteiger partial charge on any atom is 0.417 e. The molecule has 0 aliphatic heterocycles. The van der Waals surface area contributed by atoms with Gasteiger partial charge in [0.1, 0.15) is 0 Å². The lowest BCUT2D eigenvalue weighted by molar-refractivity contribution is -0.138. The number of hydrogen-bond donors (Lipinski definition) is 2. The Morgan fingerprint density at radius 2 is 2.00 bits per heavy atom. The summed E-state index contributed by atoms with van der Waals surface area (Å²) in [6, 6.07) is 3.57. The van der Waals surface area contributed by atoms with E-state index in [0.29, 0.717) is 0 Å². The van der Waals surface area contributed by atoms with E-state index in [1.807, 2.05) is 0 Å². The molecule has 1 aromatic carbocycles. The lowest BCUT2D eigenvalue weighted by Gasteiger charge is -2.12. The number of nitrogens with zero attached hydrogens (tertiary/aromatic N) is 1. The molecule has 1 unspecified atom stereocenters. The van der Waals surface area contributed by atoms with Gasteiger partial charge in [0, 0.05) is 17.6 Å². The third-order valence-corrected chi connectivity index (χ3v) is 4.30. The van der Waals surface area contributed by atoms with E-state index in [1.54, 1.807) is 0 Å². The fourth-order valence-corrected chi connectivity index (χ4v) is 2.74. The van der Waals surface area contributed by atoms with E-state index < -0.39 is 23.1 Å². The van der Waals surface area contributed by atoms with E-state index in [2.05, 4.69) is 15.9 Å². The maximum atomic E-state index is 12.7. The molecule has 8 heteroatoms. The van der Waals surface area contributed by atoms with E-state index >= 15 is 0 Å². The molecule has 3 nitrogen and oxygen atoms in total. The first kappa shape index (κ1) is 15.8. The van der Waals surface area contributed by atoms with Crippen LogP contribution in [-0.4, -0.2) is 34.2 Å². The van der Waals surface area contributed by atoms with Gasteiger partial charge in [-0.15, -0.1) is 0 Å². The monoisotopic (exact) mass is 346 g/mol. The van der Waals surface area contributed by atoms with Crippen LogP contribution >= 0.6 is 15.9 Å². The second-order valence-corrected chi connectivity index (χ2v) is 5.96. The molecule has 0 aliphatic rings. The van der Waals surface area contributed by atoms with Gasteiger partial charge in [-0.1, -0.05) is 20.2 Å². The van der Waals surface area contributed by atoms with Crippen LogP contribution < -0.4 is 0 Å². The highest BCUT2D eigenvalue weighted by atomic mass is 79.9. The second kappa shape index (κ2) is 6.25.